The monoisotopic (exact) mass is 254 g/mol. The van der Waals surface area contributed by atoms with E-state index in [1.807, 2.05) is 27.8 Å². The van der Waals surface area contributed by atoms with Crippen molar-refractivity contribution in [1.82, 2.24) is 14.8 Å². The van der Waals surface area contributed by atoms with Gasteiger partial charge in [-0.1, -0.05) is 25.2 Å². The van der Waals surface area contributed by atoms with Gasteiger partial charge in [-0.15, -0.1) is 0 Å². The van der Waals surface area contributed by atoms with Crippen molar-refractivity contribution in [3.05, 3.63) is 5.69 Å². The van der Waals surface area contributed by atoms with Crippen LogP contribution in [0.4, 0.5) is 5.13 Å². The molecule has 0 aliphatic carbocycles. The van der Waals surface area contributed by atoms with Crippen LogP contribution in [0.1, 0.15) is 19.5 Å². The van der Waals surface area contributed by atoms with Gasteiger partial charge in [0.2, 0.25) is 0 Å². The number of nitrogens with one attached hydrogen (secondary N) is 1. The molecule has 0 bridgehead atoms. The second kappa shape index (κ2) is 4.27. The molecule has 0 saturated heterocycles. The van der Waals surface area contributed by atoms with Gasteiger partial charge >= 0.3 is 0 Å². The third-order valence-electron chi connectivity index (χ3n) is 2.69. The SMILES string of the molecule is Cc1nn(C)c2nc(NCC(C)(C)CO)sc12. The van der Waals surface area contributed by atoms with Gasteiger partial charge in [0, 0.05) is 25.6 Å². The molecule has 2 aromatic rings. The molecule has 0 aliphatic heterocycles. The summed E-state index contributed by atoms with van der Waals surface area (Å²) < 4.78 is 2.92. The van der Waals surface area contributed by atoms with Crippen molar-refractivity contribution >= 4 is 26.8 Å². The molecule has 17 heavy (non-hydrogen) atoms. The van der Waals surface area contributed by atoms with E-state index in [0.717, 1.165) is 21.2 Å². The summed E-state index contributed by atoms with van der Waals surface area (Å²) in [5.41, 5.74) is 1.79. The average molecular weight is 254 g/mol. The van der Waals surface area contributed by atoms with Gasteiger partial charge in [-0.05, 0) is 6.92 Å². The number of fused-ring (bicyclic) bond motifs is 1. The second-order valence-electron chi connectivity index (χ2n) is 5.06. The Bertz CT molecular complexity index is 494. The maximum Gasteiger partial charge on any atom is 0.185 e. The fourth-order valence-corrected chi connectivity index (χ4v) is 2.46. The van der Waals surface area contributed by atoms with Crippen molar-refractivity contribution in [2.45, 2.75) is 20.8 Å². The van der Waals surface area contributed by atoms with Gasteiger partial charge < -0.3 is 10.4 Å². The largest absolute Gasteiger partial charge is 0.396 e. The summed E-state index contributed by atoms with van der Waals surface area (Å²) in [6, 6.07) is 0. The molecule has 2 aromatic heterocycles. The number of thiazole rings is 1. The fraction of sp³-hybridized carbons (Fsp3) is 0.636. The summed E-state index contributed by atoms with van der Waals surface area (Å²) in [6.45, 7) is 6.88. The first-order valence-electron chi connectivity index (χ1n) is 5.58. The Kier molecular flexibility index (Phi) is 3.09. The summed E-state index contributed by atoms with van der Waals surface area (Å²) in [6.07, 6.45) is 0. The third kappa shape index (κ3) is 2.42. The molecule has 94 valence electrons. The first-order chi connectivity index (χ1) is 7.93. The van der Waals surface area contributed by atoms with Crippen molar-refractivity contribution < 1.29 is 5.11 Å². The highest BCUT2D eigenvalue weighted by Crippen LogP contribution is 2.28. The molecule has 0 radical (unpaired) electrons. The summed E-state index contributed by atoms with van der Waals surface area (Å²) >= 11 is 1.61. The van der Waals surface area contributed by atoms with Crippen molar-refractivity contribution in [1.29, 1.82) is 0 Å². The third-order valence-corrected chi connectivity index (χ3v) is 3.80. The van der Waals surface area contributed by atoms with E-state index < -0.39 is 0 Å². The van der Waals surface area contributed by atoms with E-state index in [0.29, 0.717) is 6.54 Å². The molecule has 0 spiro atoms. The van der Waals surface area contributed by atoms with Gasteiger partial charge in [-0.2, -0.15) is 5.10 Å². The maximum absolute atomic E-state index is 9.19. The first kappa shape index (κ1) is 12.3. The number of rotatable bonds is 4. The lowest BCUT2D eigenvalue weighted by Crippen LogP contribution is -2.26. The van der Waals surface area contributed by atoms with Crippen molar-refractivity contribution in [2.75, 3.05) is 18.5 Å². The quantitative estimate of drug-likeness (QED) is 0.873. The van der Waals surface area contributed by atoms with E-state index in [-0.39, 0.29) is 12.0 Å². The van der Waals surface area contributed by atoms with Crippen LogP contribution < -0.4 is 5.32 Å². The number of nitrogens with zero attached hydrogens (tertiary/aromatic N) is 3. The van der Waals surface area contributed by atoms with Crippen LogP contribution in [0.25, 0.3) is 10.3 Å². The standard InChI is InChI=1S/C11H18N4OS/c1-7-8-9(15(4)14-7)13-10(17-8)12-5-11(2,3)6-16/h16H,5-6H2,1-4H3,(H,12,13). The van der Waals surface area contributed by atoms with Gasteiger partial charge in [-0.25, -0.2) is 9.67 Å². The lowest BCUT2D eigenvalue weighted by atomic mass is 9.95. The molecule has 0 aromatic carbocycles. The minimum atomic E-state index is -0.134. The molecule has 0 aliphatic rings. The summed E-state index contributed by atoms with van der Waals surface area (Å²) in [4.78, 5) is 4.50. The molecule has 0 fully saturated rings. The second-order valence-corrected chi connectivity index (χ2v) is 6.06. The summed E-state index contributed by atoms with van der Waals surface area (Å²) in [5, 5.41) is 17.7. The number of hydrogen-bond donors (Lipinski definition) is 2. The van der Waals surface area contributed by atoms with E-state index in [2.05, 4.69) is 15.4 Å². The molecule has 2 N–H and O–H groups in total. The zero-order valence-corrected chi connectivity index (χ0v) is 11.4. The van der Waals surface area contributed by atoms with Crippen LogP contribution in [0.5, 0.6) is 0 Å². The smallest absolute Gasteiger partial charge is 0.185 e. The van der Waals surface area contributed by atoms with Crippen molar-refractivity contribution in [2.24, 2.45) is 12.5 Å². The minimum absolute atomic E-state index is 0.134. The highest BCUT2D eigenvalue weighted by molar-refractivity contribution is 7.22. The van der Waals surface area contributed by atoms with Crippen LogP contribution in [0, 0.1) is 12.3 Å². The minimum Gasteiger partial charge on any atom is -0.396 e. The molecular formula is C11H18N4OS. The average Bonchev–Trinajstić information content (AvgIpc) is 2.79. The van der Waals surface area contributed by atoms with E-state index >= 15 is 0 Å². The zero-order valence-electron chi connectivity index (χ0n) is 10.6. The highest BCUT2D eigenvalue weighted by atomic mass is 32.1. The molecule has 6 heteroatoms. The number of hydrogen-bond acceptors (Lipinski definition) is 5. The van der Waals surface area contributed by atoms with E-state index in [4.69, 9.17) is 0 Å². The predicted molar refractivity (Wildman–Crippen MR) is 70.5 cm³/mol. The lowest BCUT2D eigenvalue weighted by molar-refractivity contribution is 0.171. The van der Waals surface area contributed by atoms with Crippen LogP contribution in [0.15, 0.2) is 0 Å². The summed E-state index contributed by atoms with van der Waals surface area (Å²) in [7, 11) is 1.90. The predicted octanol–water partition coefficient (Wildman–Crippen LogP) is 1.77. The van der Waals surface area contributed by atoms with E-state index in [9.17, 15) is 5.11 Å². The molecule has 0 unspecified atom stereocenters. The lowest BCUT2D eigenvalue weighted by Gasteiger charge is -2.21. The number of aromatic nitrogens is 3. The fourth-order valence-electron chi connectivity index (χ4n) is 1.53. The maximum atomic E-state index is 9.19. The molecule has 2 heterocycles. The van der Waals surface area contributed by atoms with Crippen LogP contribution in [0.2, 0.25) is 0 Å². The molecule has 5 nitrogen and oxygen atoms in total. The number of aryl methyl sites for hydroxylation is 2. The van der Waals surface area contributed by atoms with Gasteiger partial charge in [-0.3, -0.25) is 0 Å². The topological polar surface area (TPSA) is 63.0 Å². The molecule has 0 saturated carbocycles. The molecule has 0 amide bonds. The number of aliphatic hydroxyl groups is 1. The molecular weight excluding hydrogens is 236 g/mol. The Morgan fingerprint density at radius 1 is 1.47 bits per heavy atom. The van der Waals surface area contributed by atoms with Crippen LogP contribution >= 0.6 is 11.3 Å². The normalized spacial score (nSPS) is 12.3. The van der Waals surface area contributed by atoms with Crippen molar-refractivity contribution in [3.63, 3.8) is 0 Å². The van der Waals surface area contributed by atoms with Crippen molar-refractivity contribution in [3.8, 4) is 0 Å². The highest BCUT2D eigenvalue weighted by Gasteiger charge is 2.18. The van der Waals surface area contributed by atoms with Crippen LogP contribution in [-0.4, -0.2) is 33.0 Å². The Balaban J connectivity index is 2.18. The first-order valence-corrected chi connectivity index (χ1v) is 6.39. The van der Waals surface area contributed by atoms with Crippen LogP contribution in [0.3, 0.4) is 0 Å². The van der Waals surface area contributed by atoms with Crippen LogP contribution in [-0.2, 0) is 7.05 Å². The summed E-state index contributed by atoms with van der Waals surface area (Å²) in [5.74, 6) is 0. The number of aliphatic hydroxyl groups excluding tert-OH is 1. The Morgan fingerprint density at radius 2 is 2.18 bits per heavy atom. The zero-order chi connectivity index (χ0) is 12.6. The van der Waals surface area contributed by atoms with Gasteiger partial charge in [0.15, 0.2) is 10.8 Å². The molecule has 2 rings (SSSR count). The molecule has 0 atom stereocenters. The van der Waals surface area contributed by atoms with Gasteiger partial charge in [0.05, 0.1) is 10.4 Å². The Morgan fingerprint density at radius 3 is 2.76 bits per heavy atom. The van der Waals surface area contributed by atoms with Gasteiger partial charge in [0.1, 0.15) is 0 Å². The number of anilines is 1. The Hall–Kier alpha value is -1.14. The Labute approximate surface area is 104 Å². The van der Waals surface area contributed by atoms with E-state index in [1.54, 1.807) is 16.0 Å². The van der Waals surface area contributed by atoms with Gasteiger partial charge in [0.25, 0.3) is 0 Å². The van der Waals surface area contributed by atoms with E-state index in [1.165, 1.54) is 0 Å².